The lowest BCUT2D eigenvalue weighted by Crippen LogP contribution is -2.53. The Morgan fingerprint density at radius 1 is 0.754 bits per heavy atom. The smallest absolute Gasteiger partial charge is 0.407 e. The van der Waals surface area contributed by atoms with Crippen molar-refractivity contribution in [3.63, 3.8) is 0 Å². The molecule has 0 saturated carbocycles. The number of alkyl carbamates (subject to hydrolysis) is 2. The molecule has 3 aliphatic heterocycles. The third kappa shape index (κ3) is 8.68. The van der Waals surface area contributed by atoms with Crippen LogP contribution in [-0.4, -0.2) is 120 Å². The maximum atomic E-state index is 13.8. The molecule has 61 heavy (non-hydrogen) atoms. The van der Waals surface area contributed by atoms with Crippen molar-refractivity contribution in [2.75, 3.05) is 41.4 Å². The molecule has 0 aliphatic carbocycles. The van der Waals surface area contributed by atoms with E-state index in [9.17, 15) is 24.0 Å². The van der Waals surface area contributed by atoms with Crippen molar-refractivity contribution in [2.24, 2.45) is 16.8 Å². The number of hydrogen-bond donors (Lipinski definition) is 3. The summed E-state index contributed by atoms with van der Waals surface area (Å²) in [5, 5.41) is 5.42. The zero-order valence-electron chi connectivity index (χ0n) is 36.2. The van der Waals surface area contributed by atoms with Gasteiger partial charge >= 0.3 is 12.2 Å². The number of H-pyrrole nitrogens is 1. The molecular weight excluding hydrogens is 777 g/mol. The van der Waals surface area contributed by atoms with Crippen LogP contribution >= 0.6 is 0 Å². The SMILES string of the molecule is COC(=O)N[C@H](C(=O)N1CCC[C@H]1C1=Nc2ccc(-c3ccc(-c4ccc5nc([C@@H]6CCCN6C(=O)[C@@H](NC(=O)OC)C(C)C)[nH]c5c4)c(C(=O)N(C)C)c3)cc2C1)C(C)C. The van der Waals surface area contributed by atoms with Crippen molar-refractivity contribution in [1.82, 2.24) is 35.3 Å². The molecule has 0 radical (unpaired) electrons. The number of rotatable bonds is 11. The van der Waals surface area contributed by atoms with E-state index in [-0.39, 0.29) is 41.6 Å². The minimum atomic E-state index is -0.732. The number of amides is 5. The molecule has 0 bridgehead atoms. The van der Waals surface area contributed by atoms with Crippen molar-refractivity contribution in [3.05, 3.63) is 71.5 Å². The molecule has 1 aromatic heterocycles. The molecule has 2 saturated heterocycles. The van der Waals surface area contributed by atoms with Crippen LogP contribution in [0.25, 0.3) is 33.3 Å². The summed E-state index contributed by atoms with van der Waals surface area (Å²) in [6.07, 6.45) is 2.50. The minimum Gasteiger partial charge on any atom is -0.453 e. The van der Waals surface area contributed by atoms with Gasteiger partial charge in [0.1, 0.15) is 17.9 Å². The summed E-state index contributed by atoms with van der Waals surface area (Å²) in [7, 11) is 6.05. The van der Waals surface area contributed by atoms with Gasteiger partial charge in [0.15, 0.2) is 0 Å². The molecule has 7 rings (SSSR count). The van der Waals surface area contributed by atoms with Gasteiger partial charge in [0.05, 0.1) is 43.0 Å². The summed E-state index contributed by atoms with van der Waals surface area (Å²) in [5.41, 5.74) is 8.34. The van der Waals surface area contributed by atoms with Gasteiger partial charge in [-0.25, -0.2) is 14.6 Å². The first-order valence-corrected chi connectivity index (χ1v) is 21.0. The molecule has 322 valence electrons. The molecule has 15 heteroatoms. The lowest BCUT2D eigenvalue weighted by Gasteiger charge is -2.30. The molecule has 5 amide bonds. The van der Waals surface area contributed by atoms with Gasteiger partial charge < -0.3 is 39.8 Å². The van der Waals surface area contributed by atoms with Crippen LogP contribution in [-0.2, 0) is 25.5 Å². The first kappa shape index (κ1) is 42.9. The van der Waals surface area contributed by atoms with Gasteiger partial charge in [-0.15, -0.1) is 0 Å². The third-order valence-electron chi connectivity index (χ3n) is 12.1. The number of carbonyl (C=O) groups is 5. The first-order valence-electron chi connectivity index (χ1n) is 21.0. The highest BCUT2D eigenvalue weighted by molar-refractivity contribution is 6.04. The van der Waals surface area contributed by atoms with Crippen LogP contribution in [0.1, 0.15) is 81.2 Å². The van der Waals surface area contributed by atoms with Crippen LogP contribution in [0.3, 0.4) is 0 Å². The van der Waals surface area contributed by atoms with Gasteiger partial charge in [-0.3, -0.25) is 19.4 Å². The first-order chi connectivity index (χ1) is 29.2. The fourth-order valence-electron chi connectivity index (χ4n) is 8.79. The Kier molecular flexibility index (Phi) is 12.5. The highest BCUT2D eigenvalue weighted by atomic mass is 16.5. The van der Waals surface area contributed by atoms with Crippen molar-refractivity contribution < 1.29 is 33.4 Å². The van der Waals surface area contributed by atoms with E-state index in [0.717, 1.165) is 75.9 Å². The maximum absolute atomic E-state index is 13.8. The predicted octanol–water partition coefficient (Wildman–Crippen LogP) is 6.64. The van der Waals surface area contributed by atoms with Crippen molar-refractivity contribution in [3.8, 4) is 22.3 Å². The minimum absolute atomic E-state index is 0.121. The monoisotopic (exact) mass is 832 g/mol. The van der Waals surface area contributed by atoms with E-state index in [1.54, 1.807) is 23.9 Å². The standard InChI is InChI=1S/C46H56N8O7/c1-25(2)39(50-45(58)60-7)43(56)53-19-9-11-37(53)36-24-30-21-27(14-17-33(30)47-36)28-13-16-31(32(22-28)42(55)52(5)6)29-15-18-34-35(23-29)49-41(48-34)38-12-10-20-54(38)44(57)40(26(3)4)51-46(59)61-8/h13-18,21-23,25-26,37-40H,9-12,19-20,24H2,1-8H3,(H,48,49)(H,50,58)(H,51,59)/t37-,38-,39-,40-/m0/s1. The number of aromatic amines is 1. The van der Waals surface area contributed by atoms with E-state index >= 15 is 0 Å². The number of hydrogen-bond acceptors (Lipinski definition) is 9. The van der Waals surface area contributed by atoms with Gasteiger partial charge in [-0.05, 0) is 95.7 Å². The van der Waals surface area contributed by atoms with E-state index in [2.05, 4.69) is 21.7 Å². The molecule has 4 atom stereocenters. The molecule has 2 fully saturated rings. The Bertz CT molecular complexity index is 2390. The summed E-state index contributed by atoms with van der Waals surface area (Å²) in [4.78, 5) is 84.0. The molecule has 3 N–H and O–H groups in total. The molecule has 0 spiro atoms. The lowest BCUT2D eigenvalue weighted by molar-refractivity contribution is -0.135. The molecule has 3 aliphatic rings. The van der Waals surface area contributed by atoms with Crippen LogP contribution in [0.15, 0.2) is 59.6 Å². The number of nitrogens with one attached hydrogen (secondary N) is 3. The number of aliphatic imine (C=N–C) groups is 1. The normalized spacial score (nSPS) is 18.2. The van der Waals surface area contributed by atoms with Crippen molar-refractivity contribution in [2.45, 2.75) is 84.0 Å². The number of imidazole rings is 1. The highest BCUT2D eigenvalue weighted by Gasteiger charge is 2.40. The van der Waals surface area contributed by atoms with Crippen LogP contribution in [0.4, 0.5) is 15.3 Å². The van der Waals surface area contributed by atoms with Crippen molar-refractivity contribution >= 4 is 52.3 Å². The number of aromatic nitrogens is 2. The molecule has 0 unspecified atom stereocenters. The summed E-state index contributed by atoms with van der Waals surface area (Å²) in [5.74, 6) is -0.0382. The Hall–Kier alpha value is -6.25. The van der Waals surface area contributed by atoms with E-state index in [0.29, 0.717) is 30.9 Å². The third-order valence-corrected chi connectivity index (χ3v) is 12.1. The second-order valence-electron chi connectivity index (χ2n) is 17.0. The van der Waals surface area contributed by atoms with Crippen molar-refractivity contribution in [1.29, 1.82) is 0 Å². The van der Waals surface area contributed by atoms with Crippen LogP contribution in [0.2, 0.25) is 0 Å². The fourth-order valence-corrected chi connectivity index (χ4v) is 8.79. The van der Waals surface area contributed by atoms with Gasteiger partial charge in [0.25, 0.3) is 5.91 Å². The van der Waals surface area contributed by atoms with Gasteiger partial charge in [0, 0.05) is 44.9 Å². The summed E-state index contributed by atoms with van der Waals surface area (Å²) < 4.78 is 9.58. The topological polar surface area (TPSA) is 179 Å². The average Bonchev–Trinajstić information content (AvgIpc) is 4.08. The zero-order valence-corrected chi connectivity index (χ0v) is 36.2. The molecular formula is C46H56N8O7. The number of benzene rings is 3. The van der Waals surface area contributed by atoms with E-state index < -0.39 is 24.3 Å². The second-order valence-corrected chi connectivity index (χ2v) is 17.0. The number of nitrogens with zero attached hydrogens (tertiary/aromatic N) is 5. The quantitative estimate of drug-likeness (QED) is 0.151. The van der Waals surface area contributed by atoms with E-state index in [1.807, 2.05) is 81.1 Å². The van der Waals surface area contributed by atoms with Gasteiger partial charge in [-0.2, -0.15) is 0 Å². The highest BCUT2D eigenvalue weighted by Crippen LogP contribution is 2.38. The Balaban J connectivity index is 1.12. The molecule has 3 aromatic carbocycles. The number of likely N-dealkylation sites (tertiary alicyclic amines) is 2. The lowest BCUT2D eigenvalue weighted by atomic mass is 9.93. The summed E-state index contributed by atoms with van der Waals surface area (Å²) >= 11 is 0. The summed E-state index contributed by atoms with van der Waals surface area (Å²) in [6, 6.07) is 16.1. The second kappa shape index (κ2) is 17.8. The average molecular weight is 833 g/mol. The van der Waals surface area contributed by atoms with E-state index in [1.165, 1.54) is 14.2 Å². The molecule has 15 nitrogen and oxygen atoms in total. The maximum Gasteiger partial charge on any atom is 0.407 e. The Labute approximate surface area is 356 Å². The molecule has 4 aromatic rings. The number of fused-ring (bicyclic) bond motifs is 2. The van der Waals surface area contributed by atoms with Gasteiger partial charge in [-0.1, -0.05) is 52.0 Å². The predicted molar refractivity (Wildman–Crippen MR) is 233 cm³/mol. The number of carbonyl (C=O) groups excluding carboxylic acids is 5. The molecule has 4 heterocycles. The van der Waals surface area contributed by atoms with Crippen LogP contribution in [0.5, 0.6) is 0 Å². The largest absolute Gasteiger partial charge is 0.453 e. The van der Waals surface area contributed by atoms with Crippen LogP contribution < -0.4 is 10.6 Å². The fraction of sp³-hybridized carbons (Fsp3) is 0.457. The van der Waals surface area contributed by atoms with Crippen LogP contribution in [0, 0.1) is 11.8 Å². The Morgan fingerprint density at radius 3 is 1.93 bits per heavy atom. The zero-order chi connectivity index (χ0) is 43.7. The number of ether oxygens (including phenoxy) is 2. The van der Waals surface area contributed by atoms with Gasteiger partial charge in [0.2, 0.25) is 11.8 Å². The number of methoxy groups -OCH3 is 2. The summed E-state index contributed by atoms with van der Waals surface area (Å²) in [6.45, 7) is 8.73. The van der Waals surface area contributed by atoms with E-state index in [4.69, 9.17) is 19.5 Å². The Morgan fingerprint density at radius 2 is 1.33 bits per heavy atom.